The molecule has 116 valence electrons. The van der Waals surface area contributed by atoms with E-state index in [-0.39, 0.29) is 12.0 Å². The second-order valence-electron chi connectivity index (χ2n) is 6.79. The van der Waals surface area contributed by atoms with Crippen LogP contribution in [-0.2, 0) is 16.1 Å². The molecule has 0 unspecified atom stereocenters. The Kier molecular flexibility index (Phi) is 3.81. The average molecular weight is 311 g/mol. The maximum Gasteiger partial charge on any atom is 0.115 e. The van der Waals surface area contributed by atoms with Crippen LogP contribution in [0.15, 0.2) is 24.3 Å². The highest BCUT2D eigenvalue weighted by molar-refractivity contribution is 6.31. The Morgan fingerprint density at radius 3 is 2.71 bits per heavy atom. The van der Waals surface area contributed by atoms with Crippen molar-refractivity contribution in [1.82, 2.24) is 0 Å². The molecular weight excluding hydrogens is 288 g/mol. The molecule has 1 N–H and O–H groups in total. The Labute approximate surface area is 131 Å². The minimum absolute atomic E-state index is 0.267. The number of halogens is 1. The van der Waals surface area contributed by atoms with E-state index in [1.807, 2.05) is 31.2 Å². The lowest BCUT2D eigenvalue weighted by molar-refractivity contribution is -0.0979. The first kappa shape index (κ1) is 15.3. The monoisotopic (exact) mass is 310 g/mol. The second kappa shape index (κ2) is 5.24. The minimum atomic E-state index is -0.585. The molecule has 0 radical (unpaired) electrons. The van der Waals surface area contributed by atoms with E-state index in [1.54, 1.807) is 0 Å². The maximum absolute atomic E-state index is 10.7. The van der Waals surface area contributed by atoms with Crippen molar-refractivity contribution < 1.29 is 14.6 Å². The summed E-state index contributed by atoms with van der Waals surface area (Å²) >= 11 is 6.16. The van der Waals surface area contributed by atoms with Crippen LogP contribution >= 0.6 is 11.6 Å². The van der Waals surface area contributed by atoms with E-state index in [0.717, 1.165) is 18.4 Å². The summed E-state index contributed by atoms with van der Waals surface area (Å²) in [5, 5.41) is 11.4. The van der Waals surface area contributed by atoms with Gasteiger partial charge in [-0.15, -0.1) is 0 Å². The number of hydrogen-bond donors (Lipinski definition) is 1. The Balaban J connectivity index is 1.76. The van der Waals surface area contributed by atoms with Crippen LogP contribution in [0.5, 0.6) is 0 Å². The van der Waals surface area contributed by atoms with Crippen molar-refractivity contribution in [3.8, 4) is 0 Å². The average Bonchev–Trinajstić information content (AvgIpc) is 2.90. The van der Waals surface area contributed by atoms with Crippen LogP contribution in [0, 0.1) is 5.92 Å². The summed E-state index contributed by atoms with van der Waals surface area (Å²) in [7, 11) is 0. The van der Waals surface area contributed by atoms with Crippen LogP contribution in [0.1, 0.15) is 39.2 Å². The molecule has 3 rings (SSSR count). The molecule has 0 aliphatic carbocycles. The first-order valence-corrected chi connectivity index (χ1v) is 8.00. The van der Waals surface area contributed by atoms with E-state index >= 15 is 0 Å². The topological polar surface area (TPSA) is 38.7 Å². The second-order valence-corrected chi connectivity index (χ2v) is 7.20. The predicted octanol–water partition coefficient (Wildman–Crippen LogP) is 3.56. The quantitative estimate of drug-likeness (QED) is 0.924. The zero-order valence-electron chi connectivity index (χ0n) is 12.8. The van der Waals surface area contributed by atoms with Crippen LogP contribution in [0.25, 0.3) is 0 Å². The first-order chi connectivity index (χ1) is 9.89. The van der Waals surface area contributed by atoms with Crippen LogP contribution < -0.4 is 0 Å². The Morgan fingerprint density at radius 1 is 1.38 bits per heavy atom. The lowest BCUT2D eigenvalue weighted by Crippen LogP contribution is -2.51. The van der Waals surface area contributed by atoms with Gasteiger partial charge in [0.25, 0.3) is 0 Å². The van der Waals surface area contributed by atoms with Crippen molar-refractivity contribution in [2.45, 2.75) is 63.6 Å². The molecule has 2 aliphatic rings. The SMILES string of the molecule is CC(C)[C@]12CC[C@](C)(O1)[C@H](OCc1ccccc1Cl)[C@H]2O. The van der Waals surface area contributed by atoms with E-state index in [1.165, 1.54) is 0 Å². The highest BCUT2D eigenvalue weighted by atomic mass is 35.5. The predicted molar refractivity (Wildman–Crippen MR) is 82.3 cm³/mol. The number of rotatable bonds is 4. The van der Waals surface area contributed by atoms with Gasteiger partial charge in [-0.05, 0) is 37.3 Å². The van der Waals surface area contributed by atoms with E-state index in [9.17, 15) is 5.11 Å². The highest BCUT2D eigenvalue weighted by Crippen LogP contribution is 2.55. The maximum atomic E-state index is 10.7. The van der Waals surface area contributed by atoms with E-state index in [2.05, 4.69) is 13.8 Å². The van der Waals surface area contributed by atoms with E-state index < -0.39 is 17.3 Å². The third-order valence-electron chi connectivity index (χ3n) is 5.18. The molecule has 2 heterocycles. The van der Waals surface area contributed by atoms with Gasteiger partial charge in [-0.25, -0.2) is 0 Å². The molecule has 0 saturated carbocycles. The number of benzene rings is 1. The third kappa shape index (κ3) is 2.31. The largest absolute Gasteiger partial charge is 0.387 e. The summed E-state index contributed by atoms with van der Waals surface area (Å²) in [4.78, 5) is 0. The van der Waals surface area contributed by atoms with Crippen molar-refractivity contribution in [3.63, 3.8) is 0 Å². The Morgan fingerprint density at radius 2 is 2.10 bits per heavy atom. The molecule has 4 atom stereocenters. The first-order valence-electron chi connectivity index (χ1n) is 7.62. The van der Waals surface area contributed by atoms with Gasteiger partial charge in [0, 0.05) is 5.02 Å². The lowest BCUT2D eigenvalue weighted by atomic mass is 9.73. The standard InChI is InChI=1S/C17H23ClO3/c1-11(2)17-9-8-16(3,21-17)15(14(17)19)20-10-12-6-4-5-7-13(12)18/h4-7,11,14-15,19H,8-10H2,1-3H3/t14-,15-,16+,17+/m1/s1. The van der Waals surface area contributed by atoms with Crippen molar-refractivity contribution in [3.05, 3.63) is 34.9 Å². The van der Waals surface area contributed by atoms with E-state index in [4.69, 9.17) is 21.1 Å². The molecule has 3 nitrogen and oxygen atoms in total. The molecule has 2 aliphatic heterocycles. The number of hydrogen-bond acceptors (Lipinski definition) is 3. The number of aliphatic hydroxyl groups is 1. The summed E-state index contributed by atoms with van der Waals surface area (Å²) in [6.07, 6.45) is 0.938. The Bertz CT molecular complexity index is 533. The molecule has 4 heteroatoms. The van der Waals surface area contributed by atoms with E-state index in [0.29, 0.717) is 11.6 Å². The van der Waals surface area contributed by atoms with Crippen molar-refractivity contribution in [1.29, 1.82) is 0 Å². The summed E-state index contributed by atoms with van der Waals surface area (Å²) < 4.78 is 12.3. The summed E-state index contributed by atoms with van der Waals surface area (Å²) in [5.41, 5.74) is 0.0847. The third-order valence-corrected chi connectivity index (χ3v) is 5.55. The fraction of sp³-hybridized carbons (Fsp3) is 0.647. The van der Waals surface area contributed by atoms with Gasteiger partial charge in [-0.2, -0.15) is 0 Å². The van der Waals surface area contributed by atoms with Crippen LogP contribution in [0.4, 0.5) is 0 Å². The van der Waals surface area contributed by atoms with Crippen molar-refractivity contribution in [2.24, 2.45) is 5.92 Å². The molecule has 0 aromatic heterocycles. The van der Waals surface area contributed by atoms with Gasteiger partial charge in [0.05, 0.1) is 17.8 Å². The van der Waals surface area contributed by atoms with Crippen molar-refractivity contribution >= 4 is 11.6 Å². The molecule has 0 amide bonds. The van der Waals surface area contributed by atoms with Crippen LogP contribution in [-0.4, -0.2) is 28.5 Å². The molecular formula is C17H23ClO3. The van der Waals surface area contributed by atoms with Gasteiger partial charge in [-0.3, -0.25) is 0 Å². The van der Waals surface area contributed by atoms with Crippen molar-refractivity contribution in [2.75, 3.05) is 0 Å². The minimum Gasteiger partial charge on any atom is -0.387 e. The highest BCUT2D eigenvalue weighted by Gasteiger charge is 2.66. The fourth-order valence-corrected chi connectivity index (χ4v) is 3.98. The van der Waals surface area contributed by atoms with Crippen LogP contribution in [0.2, 0.25) is 5.02 Å². The van der Waals surface area contributed by atoms with Gasteiger partial charge in [-0.1, -0.05) is 43.6 Å². The molecule has 0 spiro atoms. The lowest BCUT2D eigenvalue weighted by Gasteiger charge is -2.36. The van der Waals surface area contributed by atoms with Gasteiger partial charge in [0.15, 0.2) is 0 Å². The molecule has 1 aromatic rings. The summed E-state index contributed by atoms with van der Waals surface area (Å²) in [5.74, 6) is 0.267. The summed E-state index contributed by atoms with van der Waals surface area (Å²) in [6.45, 7) is 6.65. The van der Waals surface area contributed by atoms with Gasteiger partial charge in [0.2, 0.25) is 0 Å². The molecule has 2 saturated heterocycles. The smallest absolute Gasteiger partial charge is 0.115 e. The molecule has 2 bridgehead atoms. The zero-order valence-corrected chi connectivity index (χ0v) is 13.6. The molecule has 1 aromatic carbocycles. The zero-order chi connectivity index (χ0) is 15.3. The molecule has 2 fully saturated rings. The van der Waals surface area contributed by atoms with Gasteiger partial charge in [0.1, 0.15) is 12.2 Å². The fourth-order valence-electron chi connectivity index (χ4n) is 3.79. The molecule has 21 heavy (non-hydrogen) atoms. The van der Waals surface area contributed by atoms with Crippen LogP contribution in [0.3, 0.4) is 0 Å². The Hall–Kier alpha value is -0.610. The number of ether oxygens (including phenoxy) is 2. The number of aliphatic hydroxyl groups excluding tert-OH is 1. The normalized spacial score (nSPS) is 38.4. The number of fused-ring (bicyclic) bond motifs is 2. The van der Waals surface area contributed by atoms with Gasteiger partial charge < -0.3 is 14.6 Å². The summed E-state index contributed by atoms with van der Waals surface area (Å²) in [6, 6.07) is 7.64. The van der Waals surface area contributed by atoms with Gasteiger partial charge >= 0.3 is 0 Å².